The largest absolute Gasteiger partial charge is 0.481 e. The topological polar surface area (TPSA) is 74.6 Å². The van der Waals surface area contributed by atoms with Crippen LogP contribution in [-0.4, -0.2) is 22.2 Å². The van der Waals surface area contributed by atoms with Crippen LogP contribution in [0.15, 0.2) is 0 Å². The third-order valence-corrected chi connectivity index (χ3v) is 2.49. The van der Waals surface area contributed by atoms with E-state index in [1.54, 1.807) is 0 Å². The second-order valence-corrected chi connectivity index (χ2v) is 4.41. The molecular weight excluding hydrogens is 287 g/mol. The average molecular weight is 315 g/mol. The molecule has 0 rings (SSSR count). The molecule has 0 heterocycles. The van der Waals surface area contributed by atoms with Crippen molar-refractivity contribution in [2.45, 2.75) is 78.1 Å². The molecule has 0 aromatic carbocycles. The predicted molar refractivity (Wildman–Crippen MR) is 72.8 cm³/mol. The van der Waals surface area contributed by atoms with E-state index in [-0.39, 0.29) is 17.1 Å². The SMILES string of the molecule is CCCCCCC(=O)O.CCCCCCC(=O)O.[Mn]. The van der Waals surface area contributed by atoms with E-state index < -0.39 is 11.9 Å². The molecule has 115 valence electrons. The zero-order chi connectivity index (χ0) is 14.2. The minimum atomic E-state index is -0.675. The van der Waals surface area contributed by atoms with E-state index in [4.69, 9.17) is 10.2 Å². The summed E-state index contributed by atoms with van der Waals surface area (Å²) in [5.74, 6) is -1.35. The predicted octanol–water partition coefficient (Wildman–Crippen LogP) is 4.08. The average Bonchev–Trinajstić information content (AvgIpc) is 2.31. The number of carboxylic acids is 2. The first-order chi connectivity index (χ1) is 8.54. The van der Waals surface area contributed by atoms with Gasteiger partial charge in [-0.3, -0.25) is 9.59 Å². The second kappa shape index (κ2) is 19.8. The Morgan fingerprint density at radius 3 is 1.21 bits per heavy atom. The Morgan fingerprint density at radius 2 is 1.00 bits per heavy atom. The fourth-order valence-corrected chi connectivity index (χ4v) is 1.41. The van der Waals surface area contributed by atoms with Gasteiger partial charge in [-0.15, -0.1) is 0 Å². The minimum absolute atomic E-state index is 0. The number of aliphatic carboxylic acids is 2. The summed E-state index contributed by atoms with van der Waals surface area (Å²) >= 11 is 0. The minimum Gasteiger partial charge on any atom is -0.481 e. The van der Waals surface area contributed by atoms with Crippen LogP contribution in [0.1, 0.15) is 78.1 Å². The Bertz CT molecular complexity index is 186. The summed E-state index contributed by atoms with van der Waals surface area (Å²) in [5, 5.41) is 16.4. The number of carboxylic acid groups (broad SMARTS) is 2. The van der Waals surface area contributed by atoms with Gasteiger partial charge in [-0.05, 0) is 12.8 Å². The van der Waals surface area contributed by atoms with Crippen molar-refractivity contribution in [2.24, 2.45) is 0 Å². The number of hydrogen-bond donors (Lipinski definition) is 2. The van der Waals surface area contributed by atoms with Crippen LogP contribution < -0.4 is 0 Å². The van der Waals surface area contributed by atoms with E-state index in [2.05, 4.69) is 13.8 Å². The Labute approximate surface area is 127 Å². The molecule has 5 heteroatoms. The van der Waals surface area contributed by atoms with Crippen LogP contribution in [0.3, 0.4) is 0 Å². The van der Waals surface area contributed by atoms with Crippen LogP contribution in [0.25, 0.3) is 0 Å². The van der Waals surface area contributed by atoms with Gasteiger partial charge in [-0.25, -0.2) is 0 Å². The molecule has 0 aromatic heterocycles. The molecule has 0 saturated carbocycles. The molecular formula is C14H28MnO4. The fraction of sp³-hybridized carbons (Fsp3) is 0.857. The first-order valence-corrected chi connectivity index (χ1v) is 6.98. The Kier molecular flexibility index (Phi) is 24.5. The molecule has 0 spiro atoms. The number of carbonyl (C=O) groups is 2. The van der Waals surface area contributed by atoms with Crippen LogP contribution in [0.5, 0.6) is 0 Å². The summed E-state index contributed by atoms with van der Waals surface area (Å²) < 4.78 is 0. The first kappa shape index (κ1) is 23.5. The van der Waals surface area contributed by atoms with Gasteiger partial charge in [-0.1, -0.05) is 52.4 Å². The normalized spacial score (nSPS) is 8.95. The molecule has 0 atom stereocenters. The smallest absolute Gasteiger partial charge is 0.303 e. The monoisotopic (exact) mass is 315 g/mol. The van der Waals surface area contributed by atoms with Crippen molar-refractivity contribution in [1.29, 1.82) is 0 Å². The van der Waals surface area contributed by atoms with Crippen LogP contribution in [-0.2, 0) is 26.7 Å². The standard InChI is InChI=1S/2C7H14O2.Mn/c2*1-2-3-4-5-6-7(8)9;/h2*2-6H2,1H3,(H,8,9);. The van der Waals surface area contributed by atoms with Gasteiger partial charge in [0.1, 0.15) is 0 Å². The van der Waals surface area contributed by atoms with Crippen molar-refractivity contribution < 1.29 is 36.9 Å². The van der Waals surface area contributed by atoms with Gasteiger partial charge in [0.05, 0.1) is 0 Å². The summed E-state index contributed by atoms with van der Waals surface area (Å²) in [6.07, 6.45) is 9.11. The number of rotatable bonds is 10. The van der Waals surface area contributed by atoms with E-state index in [1.165, 1.54) is 12.8 Å². The summed E-state index contributed by atoms with van der Waals surface area (Å²) in [5.41, 5.74) is 0. The molecule has 2 N–H and O–H groups in total. The summed E-state index contributed by atoms with van der Waals surface area (Å²) in [7, 11) is 0. The maximum absolute atomic E-state index is 9.96. The van der Waals surface area contributed by atoms with Gasteiger partial charge in [0.15, 0.2) is 0 Å². The fourth-order valence-electron chi connectivity index (χ4n) is 1.41. The van der Waals surface area contributed by atoms with Crippen LogP contribution >= 0.6 is 0 Å². The molecule has 0 aliphatic carbocycles. The van der Waals surface area contributed by atoms with Gasteiger partial charge in [-0.2, -0.15) is 0 Å². The van der Waals surface area contributed by atoms with Crippen molar-refractivity contribution in [2.75, 3.05) is 0 Å². The van der Waals surface area contributed by atoms with Crippen molar-refractivity contribution in [3.05, 3.63) is 0 Å². The zero-order valence-corrected chi connectivity index (χ0v) is 13.3. The van der Waals surface area contributed by atoms with Crippen LogP contribution in [0.2, 0.25) is 0 Å². The molecule has 0 aromatic rings. The Morgan fingerprint density at radius 1 is 0.684 bits per heavy atom. The van der Waals surface area contributed by atoms with E-state index in [1.807, 2.05) is 0 Å². The zero-order valence-electron chi connectivity index (χ0n) is 12.2. The van der Waals surface area contributed by atoms with Crippen molar-refractivity contribution in [1.82, 2.24) is 0 Å². The van der Waals surface area contributed by atoms with Gasteiger partial charge in [0, 0.05) is 29.9 Å². The number of unbranched alkanes of at least 4 members (excludes halogenated alkanes) is 6. The number of hydrogen-bond acceptors (Lipinski definition) is 2. The van der Waals surface area contributed by atoms with Gasteiger partial charge >= 0.3 is 11.9 Å². The van der Waals surface area contributed by atoms with Crippen molar-refractivity contribution in [3.63, 3.8) is 0 Å². The third-order valence-electron chi connectivity index (χ3n) is 2.49. The molecule has 1 radical (unpaired) electrons. The molecule has 19 heavy (non-hydrogen) atoms. The van der Waals surface area contributed by atoms with E-state index in [0.717, 1.165) is 38.5 Å². The van der Waals surface area contributed by atoms with Crippen LogP contribution in [0.4, 0.5) is 0 Å². The second-order valence-electron chi connectivity index (χ2n) is 4.41. The molecule has 0 saturated heterocycles. The molecule has 0 amide bonds. The van der Waals surface area contributed by atoms with E-state index in [0.29, 0.717) is 12.8 Å². The Hall–Kier alpha value is -0.541. The summed E-state index contributed by atoms with van der Waals surface area (Å²) in [6, 6.07) is 0. The summed E-state index contributed by atoms with van der Waals surface area (Å²) in [4.78, 5) is 19.9. The molecule has 0 bridgehead atoms. The van der Waals surface area contributed by atoms with Crippen molar-refractivity contribution >= 4 is 11.9 Å². The molecule has 0 fully saturated rings. The molecule has 0 unspecified atom stereocenters. The molecule has 0 aliphatic heterocycles. The van der Waals surface area contributed by atoms with Crippen molar-refractivity contribution in [3.8, 4) is 0 Å². The third kappa shape index (κ3) is 31.8. The maximum atomic E-state index is 9.96. The van der Waals surface area contributed by atoms with Crippen LogP contribution in [0, 0.1) is 0 Å². The molecule has 4 nitrogen and oxygen atoms in total. The first-order valence-electron chi connectivity index (χ1n) is 6.98. The maximum Gasteiger partial charge on any atom is 0.303 e. The van der Waals surface area contributed by atoms with Gasteiger partial charge < -0.3 is 10.2 Å². The van der Waals surface area contributed by atoms with Gasteiger partial charge in [0.25, 0.3) is 0 Å². The quantitative estimate of drug-likeness (QED) is 0.470. The van der Waals surface area contributed by atoms with E-state index >= 15 is 0 Å². The Balaban J connectivity index is -0.000000256. The van der Waals surface area contributed by atoms with Gasteiger partial charge in [0.2, 0.25) is 0 Å². The van der Waals surface area contributed by atoms with E-state index in [9.17, 15) is 9.59 Å². The molecule has 0 aliphatic rings. The summed E-state index contributed by atoms with van der Waals surface area (Å²) in [6.45, 7) is 4.22.